The van der Waals surface area contributed by atoms with Crippen molar-refractivity contribution in [3.63, 3.8) is 0 Å². The third kappa shape index (κ3) is 3.94. The molecule has 0 aliphatic heterocycles. The summed E-state index contributed by atoms with van der Waals surface area (Å²) in [5, 5.41) is 2.85. The highest BCUT2D eigenvalue weighted by molar-refractivity contribution is 7.89. The third-order valence-electron chi connectivity index (χ3n) is 2.36. The van der Waals surface area contributed by atoms with Crippen molar-refractivity contribution in [2.24, 2.45) is 0 Å². The topological polar surface area (TPSA) is 49.4 Å². The minimum Gasteiger partial charge on any atom is -0.319 e. The van der Waals surface area contributed by atoms with Crippen molar-refractivity contribution in [3.05, 3.63) is 0 Å². The molecular formula is C9H22N2O2S. The lowest BCUT2D eigenvalue weighted by atomic mass is 10.3. The Labute approximate surface area is 87.7 Å². The van der Waals surface area contributed by atoms with E-state index in [0.29, 0.717) is 13.1 Å². The number of nitrogens with one attached hydrogen (secondary N) is 1. The van der Waals surface area contributed by atoms with Gasteiger partial charge in [-0.15, -0.1) is 0 Å². The maximum atomic E-state index is 11.8. The van der Waals surface area contributed by atoms with Crippen LogP contribution in [-0.4, -0.2) is 44.7 Å². The Kier molecular flexibility index (Phi) is 6.31. The Balaban J connectivity index is 4.49. The zero-order valence-corrected chi connectivity index (χ0v) is 10.4. The fraction of sp³-hybridized carbons (Fsp3) is 1.00. The van der Waals surface area contributed by atoms with Gasteiger partial charge in [-0.1, -0.05) is 13.8 Å². The summed E-state index contributed by atoms with van der Waals surface area (Å²) in [6.07, 6.45) is 0.854. The number of sulfonamides is 1. The van der Waals surface area contributed by atoms with Crippen LogP contribution < -0.4 is 5.32 Å². The van der Waals surface area contributed by atoms with E-state index < -0.39 is 10.0 Å². The van der Waals surface area contributed by atoms with Gasteiger partial charge in [-0.2, -0.15) is 4.31 Å². The van der Waals surface area contributed by atoms with Crippen LogP contribution >= 0.6 is 0 Å². The highest BCUT2D eigenvalue weighted by Crippen LogP contribution is 2.09. The summed E-state index contributed by atoms with van der Waals surface area (Å²) in [6, 6.07) is 0.0989. The molecule has 0 aromatic heterocycles. The molecule has 4 nitrogen and oxygen atoms in total. The van der Waals surface area contributed by atoms with Crippen molar-refractivity contribution in [1.82, 2.24) is 9.62 Å². The van der Waals surface area contributed by atoms with E-state index in [0.717, 1.165) is 6.42 Å². The second kappa shape index (κ2) is 6.37. The second-order valence-electron chi connectivity index (χ2n) is 3.38. The van der Waals surface area contributed by atoms with Crippen LogP contribution in [0.3, 0.4) is 0 Å². The van der Waals surface area contributed by atoms with Crippen LogP contribution in [0.15, 0.2) is 0 Å². The zero-order chi connectivity index (χ0) is 11.2. The minimum absolute atomic E-state index is 0.0989. The fourth-order valence-corrected chi connectivity index (χ4v) is 3.12. The summed E-state index contributed by atoms with van der Waals surface area (Å²) in [4.78, 5) is 0. The monoisotopic (exact) mass is 222 g/mol. The standard InChI is InChI=1S/C9H22N2O2S/c1-5-9(3)11(6-2)14(12,13)8-7-10-4/h9-10H,5-8H2,1-4H3. The highest BCUT2D eigenvalue weighted by Gasteiger charge is 2.23. The van der Waals surface area contributed by atoms with Gasteiger partial charge in [0.15, 0.2) is 0 Å². The van der Waals surface area contributed by atoms with Crippen molar-refractivity contribution in [3.8, 4) is 0 Å². The largest absolute Gasteiger partial charge is 0.319 e. The van der Waals surface area contributed by atoms with Crippen LogP contribution in [-0.2, 0) is 10.0 Å². The van der Waals surface area contributed by atoms with Crippen LogP contribution in [0.25, 0.3) is 0 Å². The van der Waals surface area contributed by atoms with Crippen LogP contribution in [0.4, 0.5) is 0 Å². The van der Waals surface area contributed by atoms with E-state index in [1.807, 2.05) is 20.8 Å². The zero-order valence-electron chi connectivity index (χ0n) is 9.58. The predicted molar refractivity (Wildman–Crippen MR) is 59.8 cm³/mol. The van der Waals surface area contributed by atoms with Gasteiger partial charge in [0.25, 0.3) is 0 Å². The van der Waals surface area contributed by atoms with Crippen molar-refractivity contribution < 1.29 is 8.42 Å². The molecule has 0 aromatic carbocycles. The number of hydrogen-bond donors (Lipinski definition) is 1. The molecule has 5 heteroatoms. The smallest absolute Gasteiger partial charge is 0.215 e. The fourth-order valence-electron chi connectivity index (χ4n) is 1.33. The SMILES string of the molecule is CCC(C)N(CC)S(=O)(=O)CCNC. The first-order valence-corrected chi connectivity index (χ1v) is 6.74. The molecule has 0 spiro atoms. The van der Waals surface area contributed by atoms with Gasteiger partial charge in [-0.05, 0) is 20.4 Å². The van der Waals surface area contributed by atoms with Gasteiger partial charge in [0.05, 0.1) is 5.75 Å². The summed E-state index contributed by atoms with van der Waals surface area (Å²) in [5.74, 6) is 0.182. The molecule has 0 radical (unpaired) electrons. The Morgan fingerprint density at radius 1 is 1.36 bits per heavy atom. The highest BCUT2D eigenvalue weighted by atomic mass is 32.2. The molecule has 0 saturated heterocycles. The van der Waals surface area contributed by atoms with Gasteiger partial charge in [-0.3, -0.25) is 0 Å². The minimum atomic E-state index is -3.08. The van der Waals surface area contributed by atoms with Crippen molar-refractivity contribution in [2.45, 2.75) is 33.2 Å². The van der Waals surface area contributed by atoms with Crippen molar-refractivity contribution >= 4 is 10.0 Å². The predicted octanol–water partition coefficient (Wildman–Crippen LogP) is 0.656. The molecule has 0 rings (SSSR count). The first kappa shape index (κ1) is 13.9. The summed E-state index contributed by atoms with van der Waals surface area (Å²) < 4.78 is 25.2. The molecular weight excluding hydrogens is 200 g/mol. The lowest BCUT2D eigenvalue weighted by Gasteiger charge is -2.26. The quantitative estimate of drug-likeness (QED) is 0.688. The maximum absolute atomic E-state index is 11.8. The first-order valence-electron chi connectivity index (χ1n) is 5.13. The van der Waals surface area contributed by atoms with Crippen molar-refractivity contribution in [1.29, 1.82) is 0 Å². The molecule has 14 heavy (non-hydrogen) atoms. The Hall–Kier alpha value is -0.130. The summed E-state index contributed by atoms with van der Waals surface area (Å²) in [5.41, 5.74) is 0. The van der Waals surface area contributed by atoms with Crippen LogP contribution in [0, 0.1) is 0 Å². The van der Waals surface area contributed by atoms with E-state index >= 15 is 0 Å². The number of nitrogens with zero attached hydrogens (tertiary/aromatic N) is 1. The van der Waals surface area contributed by atoms with Crippen LogP contribution in [0.2, 0.25) is 0 Å². The Bertz CT molecular complexity index is 239. The van der Waals surface area contributed by atoms with E-state index in [-0.39, 0.29) is 11.8 Å². The second-order valence-corrected chi connectivity index (χ2v) is 5.42. The van der Waals surface area contributed by atoms with Crippen molar-refractivity contribution in [2.75, 3.05) is 25.9 Å². The van der Waals surface area contributed by atoms with Gasteiger partial charge in [0, 0.05) is 19.1 Å². The number of rotatable bonds is 7. The molecule has 0 aliphatic carbocycles. The normalized spacial score (nSPS) is 14.6. The molecule has 1 unspecified atom stereocenters. The molecule has 0 fully saturated rings. The van der Waals surface area contributed by atoms with E-state index in [2.05, 4.69) is 5.32 Å². The average Bonchev–Trinajstić information content (AvgIpc) is 2.15. The summed E-state index contributed by atoms with van der Waals surface area (Å²) in [7, 11) is -1.32. The number of hydrogen-bond acceptors (Lipinski definition) is 3. The molecule has 0 heterocycles. The molecule has 0 aromatic rings. The van der Waals surface area contributed by atoms with Gasteiger partial charge in [0.2, 0.25) is 10.0 Å². The Morgan fingerprint density at radius 2 is 1.93 bits per heavy atom. The molecule has 0 aliphatic rings. The van der Waals surface area contributed by atoms with E-state index in [4.69, 9.17) is 0 Å². The maximum Gasteiger partial charge on any atom is 0.215 e. The molecule has 0 bridgehead atoms. The molecule has 86 valence electrons. The van der Waals surface area contributed by atoms with Crippen LogP contribution in [0.5, 0.6) is 0 Å². The molecule has 0 amide bonds. The molecule has 1 N–H and O–H groups in total. The van der Waals surface area contributed by atoms with Gasteiger partial charge in [-0.25, -0.2) is 8.42 Å². The summed E-state index contributed by atoms with van der Waals surface area (Å²) >= 11 is 0. The van der Waals surface area contributed by atoms with Crippen LogP contribution in [0.1, 0.15) is 27.2 Å². The van der Waals surface area contributed by atoms with Gasteiger partial charge < -0.3 is 5.32 Å². The first-order chi connectivity index (χ1) is 6.49. The van der Waals surface area contributed by atoms with Gasteiger partial charge in [0.1, 0.15) is 0 Å². The Morgan fingerprint density at radius 3 is 2.29 bits per heavy atom. The van der Waals surface area contributed by atoms with E-state index in [1.165, 1.54) is 0 Å². The van der Waals surface area contributed by atoms with E-state index in [1.54, 1.807) is 11.4 Å². The molecule has 0 saturated carbocycles. The average molecular weight is 222 g/mol. The lowest BCUT2D eigenvalue weighted by Crippen LogP contribution is -2.41. The van der Waals surface area contributed by atoms with Gasteiger partial charge >= 0.3 is 0 Å². The summed E-state index contributed by atoms with van der Waals surface area (Å²) in [6.45, 7) is 6.89. The molecule has 1 atom stereocenters. The van der Waals surface area contributed by atoms with E-state index in [9.17, 15) is 8.42 Å². The third-order valence-corrected chi connectivity index (χ3v) is 4.41. The lowest BCUT2D eigenvalue weighted by molar-refractivity contribution is 0.342.